The monoisotopic (exact) mass is 535 g/mol. The van der Waals surface area contributed by atoms with Gasteiger partial charge in [-0.2, -0.15) is 8.78 Å². The number of aliphatic hydroxyl groups excluding tert-OH is 1. The molecule has 0 aliphatic heterocycles. The molecule has 0 aliphatic carbocycles. The Labute approximate surface area is 207 Å². The van der Waals surface area contributed by atoms with E-state index < -0.39 is 29.7 Å². The van der Waals surface area contributed by atoms with Crippen molar-refractivity contribution >= 4 is 51.6 Å². The van der Waals surface area contributed by atoms with Crippen LogP contribution in [-0.2, 0) is 4.79 Å². The zero-order valence-corrected chi connectivity index (χ0v) is 20.1. The fraction of sp³-hybridized carbons (Fsp3) is 0.286. The molecule has 0 saturated carbocycles. The molecule has 0 bridgehead atoms. The molecule has 34 heavy (non-hydrogen) atoms. The number of pyridine rings is 2. The van der Waals surface area contributed by atoms with Crippen molar-refractivity contribution in [3.63, 3.8) is 0 Å². The Morgan fingerprint density at radius 1 is 1.18 bits per heavy atom. The van der Waals surface area contributed by atoms with E-state index in [4.69, 9.17) is 49.4 Å². The number of carbonyl (C=O) groups is 1. The van der Waals surface area contributed by atoms with E-state index >= 15 is 0 Å². The zero-order chi connectivity index (χ0) is 25.2. The number of carbonyl (C=O) groups excluding carboxylic acids is 1. The topological polar surface area (TPSA) is 103 Å². The van der Waals surface area contributed by atoms with Gasteiger partial charge in [0.1, 0.15) is 17.7 Å². The molecule has 1 amide bonds. The van der Waals surface area contributed by atoms with E-state index in [9.17, 15) is 18.4 Å². The minimum atomic E-state index is -3.87. The standard InChI is InChI=1S/C21H18Cl3F2N3O5/c1-10-5-15(31)16-18(14(24)8-28-19(16)34-9-21(25,26)20(32)27-2)29(10)17-12(22)6-11(7-13(17)23)33-4-3-30/h5-8,30H,3-4,9H2,1-2H3,(H,27,32). The summed E-state index contributed by atoms with van der Waals surface area (Å²) in [4.78, 5) is 28.1. The van der Waals surface area contributed by atoms with Crippen molar-refractivity contribution < 1.29 is 28.2 Å². The van der Waals surface area contributed by atoms with Crippen LogP contribution in [0, 0.1) is 6.92 Å². The Morgan fingerprint density at radius 2 is 1.82 bits per heavy atom. The van der Waals surface area contributed by atoms with Crippen molar-refractivity contribution in [2.45, 2.75) is 12.8 Å². The Morgan fingerprint density at radius 3 is 2.41 bits per heavy atom. The van der Waals surface area contributed by atoms with Gasteiger partial charge in [-0.15, -0.1) is 0 Å². The maximum atomic E-state index is 14.0. The van der Waals surface area contributed by atoms with Crippen molar-refractivity contribution in [1.82, 2.24) is 14.9 Å². The van der Waals surface area contributed by atoms with Crippen LogP contribution in [-0.4, -0.2) is 53.4 Å². The second-order valence-corrected chi connectivity index (χ2v) is 8.22. The molecule has 1 aromatic carbocycles. The molecule has 0 atom stereocenters. The van der Waals surface area contributed by atoms with Crippen LogP contribution in [0.15, 0.2) is 29.2 Å². The third-order valence-electron chi connectivity index (χ3n) is 4.66. The molecule has 0 radical (unpaired) electrons. The SMILES string of the molecule is CNC(=O)C(F)(F)COc1ncc(Cl)c2c1c(=O)cc(C)n2-c1c(Cl)cc(OCCO)cc1Cl. The van der Waals surface area contributed by atoms with E-state index in [0.717, 1.165) is 13.2 Å². The Hall–Kier alpha value is -2.66. The van der Waals surface area contributed by atoms with Crippen molar-refractivity contribution in [2.75, 3.05) is 26.9 Å². The van der Waals surface area contributed by atoms with Gasteiger partial charge in [0.2, 0.25) is 5.88 Å². The van der Waals surface area contributed by atoms with Crippen LogP contribution in [0.2, 0.25) is 15.1 Å². The van der Waals surface area contributed by atoms with Gasteiger partial charge in [-0.25, -0.2) is 4.98 Å². The Bertz CT molecular complexity index is 1290. The highest BCUT2D eigenvalue weighted by Crippen LogP contribution is 2.38. The summed E-state index contributed by atoms with van der Waals surface area (Å²) in [6, 6.07) is 4.13. The lowest BCUT2D eigenvalue weighted by molar-refractivity contribution is -0.149. The number of hydrogen-bond acceptors (Lipinski definition) is 6. The molecular weight excluding hydrogens is 519 g/mol. The lowest BCUT2D eigenvalue weighted by Crippen LogP contribution is -2.42. The summed E-state index contributed by atoms with van der Waals surface area (Å²) in [5.41, 5.74) is 0.0666. The summed E-state index contributed by atoms with van der Waals surface area (Å²) < 4.78 is 39.9. The van der Waals surface area contributed by atoms with Gasteiger partial charge in [0.15, 0.2) is 12.0 Å². The third kappa shape index (κ3) is 5.05. The second-order valence-electron chi connectivity index (χ2n) is 7.00. The smallest absolute Gasteiger partial charge is 0.357 e. The summed E-state index contributed by atoms with van der Waals surface area (Å²) in [5.74, 6) is -5.58. The number of aromatic nitrogens is 2. The van der Waals surface area contributed by atoms with Gasteiger partial charge in [-0.3, -0.25) is 9.59 Å². The van der Waals surface area contributed by atoms with Crippen molar-refractivity contribution in [2.24, 2.45) is 0 Å². The molecule has 2 N–H and O–H groups in total. The number of ether oxygens (including phenoxy) is 2. The average Bonchev–Trinajstić information content (AvgIpc) is 2.78. The van der Waals surface area contributed by atoms with E-state index in [1.807, 2.05) is 5.32 Å². The molecule has 8 nitrogen and oxygen atoms in total. The normalized spacial score (nSPS) is 11.5. The maximum absolute atomic E-state index is 14.0. The zero-order valence-electron chi connectivity index (χ0n) is 17.8. The van der Waals surface area contributed by atoms with Gasteiger partial charge < -0.3 is 24.5 Å². The first-order chi connectivity index (χ1) is 16.0. The molecule has 0 fully saturated rings. The van der Waals surface area contributed by atoms with Gasteiger partial charge in [-0.05, 0) is 6.92 Å². The summed E-state index contributed by atoms with van der Waals surface area (Å²) in [6.07, 6.45) is 1.12. The Balaban J connectivity index is 2.22. The van der Waals surface area contributed by atoms with E-state index in [2.05, 4.69) is 4.98 Å². The number of halogens is 5. The minimum Gasteiger partial charge on any atom is -0.491 e. The number of hydrogen-bond donors (Lipinski definition) is 2. The average molecular weight is 537 g/mol. The van der Waals surface area contributed by atoms with Crippen molar-refractivity contribution in [3.05, 3.63) is 55.4 Å². The number of alkyl halides is 2. The predicted molar refractivity (Wildman–Crippen MR) is 124 cm³/mol. The Kier molecular flexibility index (Phi) is 7.87. The molecule has 182 valence electrons. The summed E-state index contributed by atoms with van der Waals surface area (Å²) in [5, 5.41) is 10.8. The molecule has 3 aromatic rings. The van der Waals surface area contributed by atoms with Crippen LogP contribution in [0.5, 0.6) is 11.6 Å². The number of nitrogens with zero attached hydrogens (tertiary/aromatic N) is 2. The van der Waals surface area contributed by atoms with Crippen LogP contribution in [0.25, 0.3) is 16.6 Å². The number of aryl methyl sites for hydroxylation is 1. The first kappa shape index (κ1) is 26.0. The van der Waals surface area contributed by atoms with E-state index in [-0.39, 0.29) is 44.9 Å². The van der Waals surface area contributed by atoms with Crippen LogP contribution in [0.1, 0.15) is 5.69 Å². The molecular formula is C21H18Cl3F2N3O5. The quantitative estimate of drug-likeness (QED) is 0.454. The second kappa shape index (κ2) is 10.3. The largest absolute Gasteiger partial charge is 0.491 e. The van der Waals surface area contributed by atoms with E-state index in [1.165, 1.54) is 22.8 Å². The number of benzene rings is 1. The minimum absolute atomic E-state index is 0.00560. The van der Waals surface area contributed by atoms with Crippen LogP contribution < -0.4 is 20.2 Å². The lowest BCUT2D eigenvalue weighted by Gasteiger charge is -2.20. The molecule has 0 saturated heterocycles. The van der Waals surface area contributed by atoms with Crippen molar-refractivity contribution in [1.29, 1.82) is 0 Å². The highest BCUT2D eigenvalue weighted by atomic mass is 35.5. The van der Waals surface area contributed by atoms with Crippen LogP contribution >= 0.6 is 34.8 Å². The third-order valence-corrected chi connectivity index (χ3v) is 5.51. The van der Waals surface area contributed by atoms with Crippen LogP contribution in [0.3, 0.4) is 0 Å². The van der Waals surface area contributed by atoms with Crippen molar-refractivity contribution in [3.8, 4) is 17.3 Å². The number of amides is 1. The number of rotatable bonds is 8. The number of aliphatic hydroxyl groups is 1. The molecule has 0 spiro atoms. The summed E-state index contributed by atoms with van der Waals surface area (Å²) >= 11 is 19.3. The van der Waals surface area contributed by atoms with Gasteiger partial charge in [0.05, 0.1) is 39.1 Å². The van der Waals surface area contributed by atoms with E-state index in [0.29, 0.717) is 11.4 Å². The lowest BCUT2D eigenvalue weighted by atomic mass is 10.2. The first-order valence-electron chi connectivity index (χ1n) is 9.68. The molecule has 0 unspecified atom stereocenters. The van der Waals surface area contributed by atoms with Gasteiger partial charge in [-0.1, -0.05) is 34.8 Å². The number of fused-ring (bicyclic) bond motifs is 1. The van der Waals surface area contributed by atoms with E-state index in [1.54, 1.807) is 6.92 Å². The first-order valence-corrected chi connectivity index (χ1v) is 10.8. The van der Waals surface area contributed by atoms with Crippen LogP contribution in [0.4, 0.5) is 8.78 Å². The highest BCUT2D eigenvalue weighted by molar-refractivity contribution is 6.39. The molecule has 2 heterocycles. The van der Waals surface area contributed by atoms with Gasteiger partial charge >= 0.3 is 5.92 Å². The highest BCUT2D eigenvalue weighted by Gasteiger charge is 2.39. The number of nitrogens with one attached hydrogen (secondary N) is 1. The van der Waals surface area contributed by atoms with Gasteiger partial charge in [0, 0.05) is 30.9 Å². The maximum Gasteiger partial charge on any atom is 0.357 e. The molecule has 2 aromatic heterocycles. The van der Waals surface area contributed by atoms with Gasteiger partial charge in [0.25, 0.3) is 5.91 Å². The summed E-state index contributed by atoms with van der Waals surface area (Å²) in [7, 11) is 1.06. The summed E-state index contributed by atoms with van der Waals surface area (Å²) in [6.45, 7) is 0.0402. The molecule has 3 rings (SSSR count). The molecule has 0 aliphatic rings. The fourth-order valence-corrected chi connectivity index (χ4v) is 4.08. The fourth-order valence-electron chi connectivity index (χ4n) is 3.21. The molecule has 13 heteroatoms. The predicted octanol–water partition coefficient (Wildman–Crippen LogP) is 3.79.